The number of nitrogens with one attached hydrogen (secondary N) is 3. The SMILES string of the molecule is Cc1cc(C(=O)NCC2(c3ccc(Cl)cc3)CC2)[nH]c1/C=C1/C(=O)Nc2ccccc21. The molecule has 0 unspecified atom stereocenters. The van der Waals surface area contributed by atoms with Crippen LogP contribution in [0.3, 0.4) is 0 Å². The van der Waals surface area contributed by atoms with Crippen LogP contribution >= 0.6 is 11.6 Å². The van der Waals surface area contributed by atoms with E-state index in [2.05, 4.69) is 15.6 Å². The Kier molecular flexibility index (Phi) is 4.71. The minimum absolute atomic E-state index is 0.00165. The summed E-state index contributed by atoms with van der Waals surface area (Å²) in [6.45, 7) is 2.51. The van der Waals surface area contributed by atoms with Crippen molar-refractivity contribution in [3.63, 3.8) is 0 Å². The number of carbonyl (C=O) groups excluding carboxylic acids is 2. The molecule has 5 rings (SSSR count). The minimum atomic E-state index is -0.149. The third kappa shape index (κ3) is 3.66. The summed E-state index contributed by atoms with van der Waals surface area (Å²) in [5.74, 6) is -0.288. The van der Waals surface area contributed by atoms with Gasteiger partial charge in [-0.1, -0.05) is 41.9 Å². The first kappa shape index (κ1) is 19.6. The number of fused-ring (bicyclic) bond motifs is 1. The molecule has 2 aromatic carbocycles. The molecule has 0 saturated heterocycles. The summed E-state index contributed by atoms with van der Waals surface area (Å²) in [7, 11) is 0. The lowest BCUT2D eigenvalue weighted by Crippen LogP contribution is -2.32. The van der Waals surface area contributed by atoms with Gasteiger partial charge in [0.2, 0.25) is 0 Å². The maximum atomic E-state index is 12.8. The minimum Gasteiger partial charge on any atom is -0.351 e. The van der Waals surface area contributed by atoms with E-state index in [1.54, 1.807) is 0 Å². The summed E-state index contributed by atoms with van der Waals surface area (Å²) in [5.41, 5.74) is 5.62. The van der Waals surface area contributed by atoms with Crippen molar-refractivity contribution in [2.75, 3.05) is 11.9 Å². The van der Waals surface area contributed by atoms with Crippen LogP contribution in [-0.2, 0) is 10.2 Å². The van der Waals surface area contributed by atoms with Gasteiger partial charge in [-0.05, 0) is 61.2 Å². The van der Waals surface area contributed by atoms with E-state index in [4.69, 9.17) is 11.6 Å². The maximum absolute atomic E-state index is 12.8. The monoisotopic (exact) mass is 431 g/mol. The molecule has 2 aliphatic rings. The fraction of sp³-hybridized carbons (Fsp3) is 0.200. The number of benzene rings is 2. The molecule has 3 N–H and O–H groups in total. The molecule has 0 spiro atoms. The standard InChI is InChI=1S/C25H22ClN3O2/c1-15-12-22(24(31)27-14-25(10-11-25)16-6-8-17(26)9-7-16)28-21(15)13-19-18-4-2-3-5-20(18)29-23(19)30/h2-9,12-13,28H,10-11,14H2,1H3,(H,27,31)(H,29,30)/b19-13+. The van der Waals surface area contributed by atoms with Gasteiger partial charge < -0.3 is 15.6 Å². The van der Waals surface area contributed by atoms with E-state index in [1.165, 1.54) is 5.56 Å². The van der Waals surface area contributed by atoms with Crippen LogP contribution < -0.4 is 10.6 Å². The number of aryl methyl sites for hydroxylation is 1. The molecule has 1 fully saturated rings. The van der Waals surface area contributed by atoms with Gasteiger partial charge in [-0.15, -0.1) is 0 Å². The smallest absolute Gasteiger partial charge is 0.267 e. The second-order valence-electron chi connectivity index (χ2n) is 8.31. The number of hydrogen-bond acceptors (Lipinski definition) is 2. The number of H-pyrrole nitrogens is 1. The van der Waals surface area contributed by atoms with Crippen molar-refractivity contribution in [2.45, 2.75) is 25.2 Å². The topological polar surface area (TPSA) is 74.0 Å². The highest BCUT2D eigenvalue weighted by Crippen LogP contribution is 2.47. The van der Waals surface area contributed by atoms with Gasteiger partial charge in [0.25, 0.3) is 11.8 Å². The van der Waals surface area contributed by atoms with Crippen LogP contribution in [-0.4, -0.2) is 23.3 Å². The van der Waals surface area contributed by atoms with E-state index in [9.17, 15) is 9.59 Å². The van der Waals surface area contributed by atoms with Crippen LogP contribution in [0.2, 0.25) is 5.02 Å². The number of aromatic nitrogens is 1. The fourth-order valence-electron chi connectivity index (χ4n) is 4.14. The van der Waals surface area contributed by atoms with Crippen molar-refractivity contribution in [3.05, 3.63) is 87.7 Å². The number of amides is 2. The lowest BCUT2D eigenvalue weighted by Gasteiger charge is -2.16. The van der Waals surface area contributed by atoms with Crippen LogP contribution in [0.25, 0.3) is 11.6 Å². The molecular weight excluding hydrogens is 410 g/mol. The van der Waals surface area contributed by atoms with Gasteiger partial charge in [0.1, 0.15) is 5.69 Å². The molecule has 1 aliphatic heterocycles. The highest BCUT2D eigenvalue weighted by Gasteiger charge is 2.44. The molecule has 0 bridgehead atoms. The zero-order valence-electron chi connectivity index (χ0n) is 17.1. The third-order valence-corrected chi connectivity index (χ3v) is 6.45. The lowest BCUT2D eigenvalue weighted by molar-refractivity contribution is -0.110. The number of halogens is 1. The van der Waals surface area contributed by atoms with E-state index in [1.807, 2.05) is 67.6 Å². The molecule has 2 amide bonds. The highest BCUT2D eigenvalue weighted by molar-refractivity contribution is 6.34. The van der Waals surface area contributed by atoms with Crippen LogP contribution in [0.1, 0.15) is 45.7 Å². The Morgan fingerprint density at radius 2 is 1.90 bits per heavy atom. The first-order chi connectivity index (χ1) is 14.9. The molecule has 1 aliphatic carbocycles. The molecule has 156 valence electrons. The van der Waals surface area contributed by atoms with Crippen LogP contribution in [0.5, 0.6) is 0 Å². The van der Waals surface area contributed by atoms with Gasteiger partial charge in [0.05, 0.1) is 5.57 Å². The molecule has 1 saturated carbocycles. The summed E-state index contributed by atoms with van der Waals surface area (Å²) in [4.78, 5) is 28.4. The van der Waals surface area contributed by atoms with Gasteiger partial charge in [-0.3, -0.25) is 9.59 Å². The van der Waals surface area contributed by atoms with Crippen molar-refractivity contribution in [3.8, 4) is 0 Å². The number of hydrogen-bond donors (Lipinski definition) is 3. The molecule has 31 heavy (non-hydrogen) atoms. The van der Waals surface area contributed by atoms with Crippen molar-refractivity contribution >= 4 is 40.8 Å². The van der Waals surface area contributed by atoms with E-state index in [0.29, 0.717) is 22.8 Å². The quantitative estimate of drug-likeness (QED) is 0.501. The van der Waals surface area contributed by atoms with Gasteiger partial charge in [0, 0.05) is 33.9 Å². The Labute approximate surface area is 185 Å². The second kappa shape index (κ2) is 7.43. The molecule has 0 radical (unpaired) electrons. The highest BCUT2D eigenvalue weighted by atomic mass is 35.5. The fourth-order valence-corrected chi connectivity index (χ4v) is 4.27. The zero-order chi connectivity index (χ0) is 21.6. The summed E-state index contributed by atoms with van der Waals surface area (Å²) in [6, 6.07) is 17.3. The second-order valence-corrected chi connectivity index (χ2v) is 8.74. The molecule has 1 aromatic heterocycles. The summed E-state index contributed by atoms with van der Waals surface area (Å²) >= 11 is 6.00. The first-order valence-electron chi connectivity index (χ1n) is 10.3. The molecule has 0 atom stereocenters. The van der Waals surface area contributed by atoms with E-state index < -0.39 is 0 Å². The van der Waals surface area contributed by atoms with Gasteiger partial charge in [0.15, 0.2) is 0 Å². The zero-order valence-corrected chi connectivity index (χ0v) is 17.8. The van der Waals surface area contributed by atoms with Gasteiger partial charge in [-0.2, -0.15) is 0 Å². The Balaban J connectivity index is 1.32. The van der Waals surface area contributed by atoms with Crippen LogP contribution in [0.4, 0.5) is 5.69 Å². The average molecular weight is 432 g/mol. The maximum Gasteiger partial charge on any atom is 0.267 e. The van der Waals surface area contributed by atoms with E-state index in [-0.39, 0.29) is 17.2 Å². The van der Waals surface area contributed by atoms with Gasteiger partial charge >= 0.3 is 0 Å². The van der Waals surface area contributed by atoms with Crippen molar-refractivity contribution in [2.24, 2.45) is 0 Å². The van der Waals surface area contributed by atoms with Crippen LogP contribution in [0, 0.1) is 6.92 Å². The van der Waals surface area contributed by atoms with Crippen molar-refractivity contribution < 1.29 is 9.59 Å². The van der Waals surface area contributed by atoms with Crippen molar-refractivity contribution in [1.82, 2.24) is 10.3 Å². The number of rotatable bonds is 5. The lowest BCUT2D eigenvalue weighted by atomic mass is 9.96. The Morgan fingerprint density at radius 3 is 2.65 bits per heavy atom. The summed E-state index contributed by atoms with van der Waals surface area (Å²) in [6.07, 6.45) is 3.90. The molecule has 3 aromatic rings. The third-order valence-electron chi connectivity index (χ3n) is 6.20. The normalized spacial score (nSPS) is 17.4. The Morgan fingerprint density at radius 1 is 1.16 bits per heavy atom. The summed E-state index contributed by atoms with van der Waals surface area (Å²) in [5, 5.41) is 6.65. The average Bonchev–Trinajstić information content (AvgIpc) is 3.37. The van der Waals surface area contributed by atoms with Crippen LogP contribution in [0.15, 0.2) is 54.6 Å². The summed E-state index contributed by atoms with van der Waals surface area (Å²) < 4.78 is 0. The number of carbonyl (C=O) groups is 2. The molecular formula is C25H22ClN3O2. The van der Waals surface area contributed by atoms with E-state index in [0.717, 1.165) is 35.3 Å². The number of para-hydroxylation sites is 1. The Hall–Kier alpha value is -3.31. The number of aromatic amines is 1. The van der Waals surface area contributed by atoms with Crippen molar-refractivity contribution in [1.29, 1.82) is 0 Å². The molecule has 2 heterocycles. The first-order valence-corrected chi connectivity index (χ1v) is 10.7. The predicted molar refractivity (Wildman–Crippen MR) is 123 cm³/mol. The Bertz CT molecular complexity index is 1220. The number of anilines is 1. The molecule has 6 heteroatoms. The molecule has 5 nitrogen and oxygen atoms in total. The van der Waals surface area contributed by atoms with E-state index >= 15 is 0 Å². The predicted octanol–water partition coefficient (Wildman–Crippen LogP) is 4.93. The largest absolute Gasteiger partial charge is 0.351 e. The van der Waals surface area contributed by atoms with Gasteiger partial charge in [-0.25, -0.2) is 0 Å².